The van der Waals surface area contributed by atoms with Crippen LogP contribution in [0, 0.1) is 5.41 Å². The van der Waals surface area contributed by atoms with Crippen molar-refractivity contribution in [2.75, 3.05) is 0 Å². The van der Waals surface area contributed by atoms with Gasteiger partial charge in [0.25, 0.3) is 0 Å². The van der Waals surface area contributed by atoms with Crippen molar-refractivity contribution >= 4 is 6.21 Å². The summed E-state index contributed by atoms with van der Waals surface area (Å²) in [6, 6.07) is 0. The van der Waals surface area contributed by atoms with E-state index >= 15 is 0 Å². The van der Waals surface area contributed by atoms with Crippen molar-refractivity contribution in [1.29, 1.82) is 5.41 Å². The third-order valence-electron chi connectivity index (χ3n) is 0.630. The minimum atomic E-state index is 0. The van der Waals surface area contributed by atoms with E-state index in [0.717, 1.165) is 5.57 Å². The molecule has 43 valence electrons. The summed E-state index contributed by atoms with van der Waals surface area (Å²) < 4.78 is 0. The van der Waals surface area contributed by atoms with Crippen LogP contribution in [0.5, 0.6) is 0 Å². The van der Waals surface area contributed by atoms with Crippen LogP contribution in [0.25, 0.3) is 0 Å². The molecule has 0 bridgehead atoms. The van der Waals surface area contributed by atoms with E-state index in [9.17, 15) is 0 Å². The molecule has 0 aromatic rings. The molecular weight excluding hydrogens is 341 g/mol. The summed E-state index contributed by atoms with van der Waals surface area (Å²) in [5.41, 5.74) is 0.884. The predicted octanol–water partition coefficient (Wildman–Crippen LogP) is 1.47. The van der Waals surface area contributed by atoms with Gasteiger partial charge in [0.1, 0.15) is 0 Å². The molecule has 0 heterocycles. The van der Waals surface area contributed by atoms with E-state index in [0.29, 0.717) is 0 Å². The van der Waals surface area contributed by atoms with Gasteiger partial charge in [-0.05, 0) is 0 Å². The third-order valence-corrected chi connectivity index (χ3v) is 0.630. The molecule has 9 heavy (non-hydrogen) atoms. The second-order valence-corrected chi connectivity index (χ2v) is 1.10. The van der Waals surface area contributed by atoms with E-state index in [-0.39, 0.29) is 98.1 Å². The van der Waals surface area contributed by atoms with E-state index in [4.69, 9.17) is 5.41 Å². The van der Waals surface area contributed by atoms with Crippen molar-refractivity contribution < 1.29 is 98.1 Å². The number of hydrogen-bond donors (Lipinski definition) is 1. The number of nitrogens with one attached hydrogen (secondary N) is 1. The zero-order valence-electron chi connectivity index (χ0n) is 5.81. The molecule has 4 heteroatoms. The molecule has 0 aromatic carbocycles. The van der Waals surface area contributed by atoms with E-state index in [1.807, 2.05) is 19.9 Å². The number of hydrogen-bond acceptors (Lipinski definition) is 1. The van der Waals surface area contributed by atoms with E-state index in [1.54, 1.807) is 0 Å². The second kappa shape index (κ2) is 17.0. The number of allylic oxidation sites excluding steroid dienone is 2. The van der Waals surface area contributed by atoms with Crippen molar-refractivity contribution in [2.24, 2.45) is 0 Å². The fourth-order valence-electron chi connectivity index (χ4n) is 0.0722. The summed E-state index contributed by atoms with van der Waals surface area (Å²) in [5, 5.41) is 6.49. The van der Waals surface area contributed by atoms with Gasteiger partial charge < -0.3 is 5.41 Å². The van der Waals surface area contributed by atoms with Crippen molar-refractivity contribution in [1.82, 2.24) is 0 Å². The van der Waals surface area contributed by atoms with Gasteiger partial charge in [-0.3, -0.25) is 0 Å². The first kappa shape index (κ1) is 22.6. The smallest absolute Gasteiger partial charge is 0 e. The first-order valence-corrected chi connectivity index (χ1v) is 1.87. The molecule has 0 aliphatic rings. The first-order chi connectivity index (χ1) is 2.81. The Morgan fingerprint density at radius 1 is 1.33 bits per heavy atom. The summed E-state index contributed by atoms with van der Waals surface area (Å²) in [5.74, 6) is 0. The molecule has 0 aromatic heterocycles. The molecule has 0 atom stereocenters. The van der Waals surface area contributed by atoms with E-state index in [1.165, 1.54) is 0 Å². The van der Waals surface area contributed by atoms with Gasteiger partial charge in [-0.1, -0.05) is 6.92 Å². The van der Waals surface area contributed by atoms with Crippen LogP contribution in [0.2, 0.25) is 0 Å². The predicted molar refractivity (Wildman–Crippen MR) is 27.2 cm³/mol. The summed E-state index contributed by atoms with van der Waals surface area (Å²) >= 11 is 0. The Morgan fingerprint density at radius 3 is 1.67 bits per heavy atom. The van der Waals surface area contributed by atoms with Crippen molar-refractivity contribution in [3.63, 3.8) is 0 Å². The Labute approximate surface area is 132 Å². The molecule has 3 radical (unpaired) electrons. The van der Waals surface area contributed by atoms with Crippen molar-refractivity contribution in [3.8, 4) is 0 Å². The Bertz CT molecular complexity index is 80.3. The molecule has 0 unspecified atom stereocenters. The van der Waals surface area contributed by atoms with Gasteiger partial charge in [-0.25, -0.2) is 11.6 Å². The maximum absolute atomic E-state index is 6.49. The quantitative estimate of drug-likeness (QED) is 0.548. The molecule has 0 saturated heterocycles. The molecule has 0 aliphatic carbocycles. The van der Waals surface area contributed by atoms with Gasteiger partial charge in [0, 0.05) is 98.1 Å². The van der Waals surface area contributed by atoms with Crippen LogP contribution in [0.3, 0.4) is 0 Å². The van der Waals surface area contributed by atoms with Crippen LogP contribution in [0.1, 0.15) is 13.8 Å². The Morgan fingerprint density at radius 2 is 1.67 bits per heavy atom. The average Bonchev–Trinajstić information content (AvgIpc) is 1.65. The third kappa shape index (κ3) is 18.1. The maximum Gasteiger partial charge on any atom is 0 e. The maximum atomic E-state index is 6.49. The molecule has 0 amide bonds. The molecule has 0 spiro atoms. The van der Waals surface area contributed by atoms with Gasteiger partial charge in [-0.2, -0.15) is 6.21 Å². The number of rotatable bonds is 1. The van der Waals surface area contributed by atoms with Crippen molar-refractivity contribution in [3.05, 3.63) is 11.6 Å². The van der Waals surface area contributed by atoms with Gasteiger partial charge in [0.2, 0.25) is 0 Å². The van der Waals surface area contributed by atoms with Gasteiger partial charge >= 0.3 is 0 Å². The molecule has 1 nitrogen and oxygen atoms in total. The Balaban J connectivity index is -0.0000000417. The SMILES string of the molecule is C/C=C(/C)[C-]=N.[Y].[Y].[Y]. The monoisotopic (exact) mass is 349 g/mol. The molecule has 0 rings (SSSR count). The summed E-state index contributed by atoms with van der Waals surface area (Å²) in [7, 11) is 0. The Hall–Kier alpha value is 2.72. The molecule has 0 aliphatic heterocycles. The summed E-state index contributed by atoms with van der Waals surface area (Å²) in [6.07, 6.45) is 4.07. The molecule has 0 fully saturated rings. The summed E-state index contributed by atoms with van der Waals surface area (Å²) in [4.78, 5) is 0. The van der Waals surface area contributed by atoms with Crippen LogP contribution < -0.4 is 0 Å². The van der Waals surface area contributed by atoms with E-state index < -0.39 is 0 Å². The molecular formula is C5H8NY3-. The first-order valence-electron chi connectivity index (χ1n) is 1.87. The standard InChI is InChI=1S/C5H8N.3Y/c1-3-5(2)4-6;;;/h3,6H,1-2H3;;;/q-1;;;/b5-3-;;;. The Kier molecular flexibility index (Phi) is 42.7. The van der Waals surface area contributed by atoms with Gasteiger partial charge in [0.15, 0.2) is 0 Å². The van der Waals surface area contributed by atoms with Crippen LogP contribution >= 0.6 is 0 Å². The van der Waals surface area contributed by atoms with Gasteiger partial charge in [-0.15, -0.1) is 6.92 Å². The topological polar surface area (TPSA) is 23.9 Å². The van der Waals surface area contributed by atoms with E-state index in [2.05, 4.69) is 6.21 Å². The molecule has 1 N–H and O–H groups in total. The fraction of sp³-hybridized carbons (Fsp3) is 0.400. The average molecular weight is 349 g/mol. The zero-order valence-corrected chi connectivity index (χ0v) is 14.3. The minimum absolute atomic E-state index is 0. The van der Waals surface area contributed by atoms with Crippen LogP contribution in [0.15, 0.2) is 11.6 Å². The van der Waals surface area contributed by atoms with Crippen molar-refractivity contribution in [2.45, 2.75) is 13.8 Å². The molecule has 0 saturated carbocycles. The fourth-order valence-corrected chi connectivity index (χ4v) is 0.0722. The summed E-state index contributed by atoms with van der Waals surface area (Å²) in [6.45, 7) is 3.73. The zero-order chi connectivity index (χ0) is 4.99. The van der Waals surface area contributed by atoms with Crippen LogP contribution in [-0.4, -0.2) is 6.21 Å². The van der Waals surface area contributed by atoms with Crippen LogP contribution in [0.4, 0.5) is 0 Å². The van der Waals surface area contributed by atoms with Crippen LogP contribution in [-0.2, 0) is 98.1 Å². The second-order valence-electron chi connectivity index (χ2n) is 1.10. The normalized spacial score (nSPS) is 7.56. The minimum Gasteiger partial charge on any atom is -0.412 e. The van der Waals surface area contributed by atoms with Gasteiger partial charge in [0.05, 0.1) is 0 Å². The largest absolute Gasteiger partial charge is 0.412 e.